The Kier molecular flexibility index (Phi) is 4.30. The molecule has 3 unspecified atom stereocenters. The molecule has 0 aliphatic carbocycles. The Labute approximate surface area is 130 Å². The molecule has 2 heterocycles. The van der Waals surface area contributed by atoms with Crippen molar-refractivity contribution in [3.63, 3.8) is 0 Å². The van der Waals surface area contributed by atoms with Crippen molar-refractivity contribution >= 4 is 17.3 Å². The van der Waals surface area contributed by atoms with E-state index >= 15 is 0 Å². The van der Waals surface area contributed by atoms with Crippen molar-refractivity contribution in [1.29, 1.82) is 5.26 Å². The molecule has 22 heavy (non-hydrogen) atoms. The average Bonchev–Trinajstić information content (AvgIpc) is 3.16. The van der Waals surface area contributed by atoms with Gasteiger partial charge in [0, 0.05) is 6.54 Å². The molecule has 2 aliphatic heterocycles. The Balaban J connectivity index is 1.75. The summed E-state index contributed by atoms with van der Waals surface area (Å²) in [6.07, 6.45) is 4.17. The van der Waals surface area contributed by atoms with E-state index in [9.17, 15) is 4.79 Å². The van der Waals surface area contributed by atoms with E-state index < -0.39 is 0 Å². The highest BCUT2D eigenvalue weighted by Gasteiger charge is 2.44. The van der Waals surface area contributed by atoms with Gasteiger partial charge in [0.1, 0.15) is 0 Å². The van der Waals surface area contributed by atoms with Gasteiger partial charge in [0.25, 0.3) is 0 Å². The number of anilines is 2. The Hall–Kier alpha value is -2.06. The summed E-state index contributed by atoms with van der Waals surface area (Å²) in [5, 5.41) is 15.3. The van der Waals surface area contributed by atoms with Gasteiger partial charge in [-0.05, 0) is 43.9 Å². The first-order chi connectivity index (χ1) is 10.7. The van der Waals surface area contributed by atoms with Gasteiger partial charge in [-0.3, -0.25) is 4.79 Å². The number of nitrogens with one attached hydrogen (secondary N) is 2. The molecule has 3 rings (SSSR count). The minimum atomic E-state index is -0.0662. The molecule has 5 nitrogen and oxygen atoms in total. The van der Waals surface area contributed by atoms with Gasteiger partial charge in [-0.15, -0.1) is 0 Å². The molecule has 0 saturated carbocycles. The normalized spacial score (nSPS) is 25.7. The number of hydrogen-bond acceptors (Lipinski definition) is 4. The van der Waals surface area contributed by atoms with Gasteiger partial charge in [0.2, 0.25) is 5.91 Å². The number of ether oxygens (including phenoxy) is 1. The molecule has 0 aromatic heterocycles. The number of rotatable bonds is 5. The van der Waals surface area contributed by atoms with E-state index in [1.807, 2.05) is 6.07 Å². The first-order valence-electron chi connectivity index (χ1n) is 7.95. The maximum absolute atomic E-state index is 12.5. The zero-order chi connectivity index (χ0) is 15.5. The van der Waals surface area contributed by atoms with Crippen LogP contribution in [0.15, 0.2) is 18.2 Å². The molecule has 2 bridgehead atoms. The largest absolute Gasteiger partial charge is 0.383 e. The highest BCUT2D eigenvalue weighted by atomic mass is 16.5. The molecular formula is C17H21N3O2. The SMILES string of the molecule is CCCNc1ccc(C#N)cc1NC(=O)C1CC2CCC1O2. The van der Waals surface area contributed by atoms with E-state index in [1.165, 1.54) is 0 Å². The van der Waals surface area contributed by atoms with Crippen molar-refractivity contribution in [2.24, 2.45) is 5.92 Å². The summed E-state index contributed by atoms with van der Waals surface area (Å²) in [7, 11) is 0. The van der Waals surface area contributed by atoms with Crippen LogP contribution in [0.4, 0.5) is 11.4 Å². The van der Waals surface area contributed by atoms with Gasteiger partial charge in [0.15, 0.2) is 0 Å². The standard InChI is InChI=1S/C17H21N3O2/c1-2-7-19-14-5-3-11(10-18)8-15(14)20-17(21)13-9-12-4-6-16(13)22-12/h3,5,8,12-13,16,19H,2,4,6-7,9H2,1H3,(H,20,21). The number of benzene rings is 1. The Morgan fingerprint density at radius 3 is 2.91 bits per heavy atom. The van der Waals surface area contributed by atoms with Crippen LogP contribution in [0.1, 0.15) is 38.2 Å². The molecule has 2 aliphatic rings. The summed E-state index contributed by atoms with van der Waals surface area (Å²) in [6, 6.07) is 7.45. The van der Waals surface area contributed by atoms with E-state index in [0.717, 1.165) is 37.9 Å². The predicted molar refractivity (Wildman–Crippen MR) is 84.6 cm³/mol. The first kappa shape index (κ1) is 14.9. The summed E-state index contributed by atoms with van der Waals surface area (Å²) < 4.78 is 5.75. The number of carbonyl (C=O) groups is 1. The summed E-state index contributed by atoms with van der Waals surface area (Å²) >= 11 is 0. The fourth-order valence-corrected chi connectivity index (χ4v) is 3.27. The predicted octanol–water partition coefficient (Wildman–Crippen LogP) is 2.89. The molecule has 3 atom stereocenters. The lowest BCUT2D eigenvalue weighted by Crippen LogP contribution is -2.30. The lowest BCUT2D eigenvalue weighted by molar-refractivity contribution is -0.121. The van der Waals surface area contributed by atoms with Crippen LogP contribution in [0.2, 0.25) is 0 Å². The molecule has 2 fully saturated rings. The average molecular weight is 299 g/mol. The molecule has 1 aromatic carbocycles. The van der Waals surface area contributed by atoms with Crippen molar-refractivity contribution < 1.29 is 9.53 Å². The fraction of sp³-hybridized carbons (Fsp3) is 0.529. The summed E-state index contributed by atoms with van der Waals surface area (Å²) in [6.45, 7) is 2.91. The van der Waals surface area contributed by atoms with E-state index in [0.29, 0.717) is 11.3 Å². The van der Waals surface area contributed by atoms with Crippen molar-refractivity contribution in [1.82, 2.24) is 0 Å². The Morgan fingerprint density at radius 2 is 2.27 bits per heavy atom. The molecule has 2 N–H and O–H groups in total. The van der Waals surface area contributed by atoms with Crippen LogP contribution in [0.5, 0.6) is 0 Å². The van der Waals surface area contributed by atoms with Gasteiger partial charge in [-0.25, -0.2) is 0 Å². The van der Waals surface area contributed by atoms with E-state index in [-0.39, 0.29) is 24.0 Å². The first-order valence-corrected chi connectivity index (χ1v) is 7.95. The van der Waals surface area contributed by atoms with Gasteiger partial charge < -0.3 is 15.4 Å². The van der Waals surface area contributed by atoms with Crippen molar-refractivity contribution in [3.05, 3.63) is 23.8 Å². The van der Waals surface area contributed by atoms with Crippen LogP contribution < -0.4 is 10.6 Å². The zero-order valence-corrected chi connectivity index (χ0v) is 12.8. The smallest absolute Gasteiger partial charge is 0.230 e. The Bertz CT molecular complexity index is 608. The molecule has 2 saturated heterocycles. The minimum Gasteiger partial charge on any atom is -0.383 e. The third-order valence-electron chi connectivity index (χ3n) is 4.41. The van der Waals surface area contributed by atoms with Crippen LogP contribution >= 0.6 is 0 Å². The van der Waals surface area contributed by atoms with Crippen LogP contribution in [0.3, 0.4) is 0 Å². The number of amides is 1. The van der Waals surface area contributed by atoms with Crippen LogP contribution in [0.25, 0.3) is 0 Å². The molecular weight excluding hydrogens is 278 g/mol. The number of hydrogen-bond donors (Lipinski definition) is 2. The van der Waals surface area contributed by atoms with E-state index in [4.69, 9.17) is 10.00 Å². The van der Waals surface area contributed by atoms with Crippen molar-refractivity contribution in [2.75, 3.05) is 17.2 Å². The lowest BCUT2D eigenvalue weighted by atomic mass is 9.88. The molecule has 1 amide bonds. The maximum Gasteiger partial charge on any atom is 0.230 e. The highest BCUT2D eigenvalue weighted by molar-refractivity contribution is 5.96. The molecule has 0 spiro atoms. The lowest BCUT2D eigenvalue weighted by Gasteiger charge is -2.19. The van der Waals surface area contributed by atoms with E-state index in [1.54, 1.807) is 12.1 Å². The third-order valence-corrected chi connectivity index (χ3v) is 4.41. The second-order valence-electron chi connectivity index (χ2n) is 6.00. The number of carbonyl (C=O) groups excluding carboxylic acids is 1. The summed E-state index contributed by atoms with van der Waals surface area (Å²) in [5.74, 6) is -0.0645. The maximum atomic E-state index is 12.5. The van der Waals surface area contributed by atoms with Crippen LogP contribution in [0, 0.1) is 17.2 Å². The monoisotopic (exact) mass is 299 g/mol. The Morgan fingerprint density at radius 1 is 1.41 bits per heavy atom. The zero-order valence-electron chi connectivity index (χ0n) is 12.8. The van der Waals surface area contributed by atoms with Crippen LogP contribution in [-0.2, 0) is 9.53 Å². The minimum absolute atomic E-state index is 0.00170. The molecule has 5 heteroatoms. The second-order valence-corrected chi connectivity index (χ2v) is 6.00. The number of nitriles is 1. The molecule has 116 valence electrons. The number of nitrogens with zero attached hydrogens (tertiary/aromatic N) is 1. The van der Waals surface area contributed by atoms with Gasteiger partial charge in [0.05, 0.1) is 41.1 Å². The van der Waals surface area contributed by atoms with E-state index in [2.05, 4.69) is 23.6 Å². The van der Waals surface area contributed by atoms with Crippen LogP contribution in [-0.4, -0.2) is 24.7 Å². The van der Waals surface area contributed by atoms with Crippen molar-refractivity contribution in [2.45, 2.75) is 44.8 Å². The van der Waals surface area contributed by atoms with Crippen molar-refractivity contribution in [3.8, 4) is 6.07 Å². The molecule has 1 aromatic rings. The third kappa shape index (κ3) is 2.93. The number of fused-ring (bicyclic) bond motifs is 2. The fourth-order valence-electron chi connectivity index (χ4n) is 3.27. The second kappa shape index (κ2) is 6.37. The summed E-state index contributed by atoms with van der Waals surface area (Å²) in [5.41, 5.74) is 2.08. The van der Waals surface area contributed by atoms with Gasteiger partial charge in [-0.1, -0.05) is 6.92 Å². The van der Waals surface area contributed by atoms with Gasteiger partial charge in [-0.2, -0.15) is 5.26 Å². The molecule has 0 radical (unpaired) electrons. The van der Waals surface area contributed by atoms with Gasteiger partial charge >= 0.3 is 0 Å². The summed E-state index contributed by atoms with van der Waals surface area (Å²) in [4.78, 5) is 12.5. The highest BCUT2D eigenvalue weighted by Crippen LogP contribution is 2.39. The quantitative estimate of drug-likeness (QED) is 0.876. The topological polar surface area (TPSA) is 74.2 Å².